The number of morpholine rings is 1. The molecule has 0 spiro atoms. The molecule has 0 amide bonds. The van der Waals surface area contributed by atoms with Crippen LogP contribution >= 0.6 is 0 Å². The number of rotatable bonds is 4. The van der Waals surface area contributed by atoms with Gasteiger partial charge in [-0.3, -0.25) is 4.98 Å². The maximum Gasteiger partial charge on any atom is 0.253 e. The van der Waals surface area contributed by atoms with Gasteiger partial charge in [0.05, 0.1) is 24.6 Å². The third-order valence-electron chi connectivity index (χ3n) is 4.88. The number of nitrogens with zero attached hydrogens (tertiary/aromatic N) is 4. The zero-order chi connectivity index (χ0) is 21.3. The van der Waals surface area contributed by atoms with Crippen molar-refractivity contribution in [1.29, 1.82) is 0 Å². The first-order valence-corrected chi connectivity index (χ1v) is 10.4. The van der Waals surface area contributed by atoms with Gasteiger partial charge in [0.2, 0.25) is 0 Å². The predicted molar refractivity (Wildman–Crippen MR) is 119 cm³/mol. The van der Waals surface area contributed by atoms with Gasteiger partial charge in [0.25, 0.3) is 5.88 Å². The summed E-state index contributed by atoms with van der Waals surface area (Å²) in [6, 6.07) is 16.0. The van der Waals surface area contributed by atoms with Crippen molar-refractivity contribution in [3.05, 3.63) is 66.0 Å². The molecule has 0 aliphatic carbocycles. The lowest BCUT2D eigenvalue weighted by molar-refractivity contribution is 0.0675. The average Bonchev–Trinajstić information content (AvgIpc) is 3.29. The monoisotopic (exact) mass is 407 g/mol. The Morgan fingerprint density at radius 1 is 1.10 bits per heavy atom. The zero-order valence-corrected chi connectivity index (χ0v) is 17.8. The van der Waals surface area contributed by atoms with Crippen molar-refractivity contribution in [2.45, 2.75) is 26.7 Å². The molecule has 1 saturated heterocycles. The highest BCUT2D eigenvalue weighted by atomic mass is 16.5. The lowest BCUT2D eigenvalue weighted by Gasteiger charge is -2.27. The molecule has 2 N–H and O–H groups in total. The number of pyridine rings is 1. The van der Waals surface area contributed by atoms with Crippen LogP contribution in [-0.2, 0) is 4.74 Å². The minimum Gasteiger partial charge on any atom is -0.378 e. The maximum atomic E-state index is 6.07. The molecule has 1 aliphatic heterocycles. The highest BCUT2D eigenvalue weighted by molar-refractivity contribution is 5.80. The zero-order valence-electron chi connectivity index (χ0n) is 17.8. The van der Waals surface area contributed by atoms with Gasteiger partial charge >= 0.3 is 0 Å². The van der Waals surface area contributed by atoms with E-state index in [-0.39, 0.29) is 5.92 Å². The molecule has 30 heavy (non-hydrogen) atoms. The number of ether oxygens (including phenoxy) is 1. The topological polar surface area (TPSA) is 89.8 Å². The fourth-order valence-corrected chi connectivity index (χ4v) is 3.12. The molecule has 2 aromatic heterocycles. The van der Waals surface area contributed by atoms with Gasteiger partial charge in [-0.15, -0.1) is 0 Å². The van der Waals surface area contributed by atoms with E-state index in [4.69, 9.17) is 15.0 Å². The summed E-state index contributed by atoms with van der Waals surface area (Å²) in [5.74, 6) is 0.863. The number of hydrogen-bond donors (Lipinski definition) is 1. The molecule has 1 unspecified atom stereocenters. The Morgan fingerprint density at radius 3 is 2.50 bits per heavy atom. The van der Waals surface area contributed by atoms with Gasteiger partial charge in [-0.05, 0) is 11.6 Å². The lowest BCUT2D eigenvalue weighted by atomic mass is 9.99. The molecule has 7 heteroatoms. The second kappa shape index (κ2) is 10.5. The average molecular weight is 408 g/mol. The van der Waals surface area contributed by atoms with E-state index in [0.717, 1.165) is 35.6 Å². The van der Waals surface area contributed by atoms with Crippen LogP contribution in [0.2, 0.25) is 0 Å². The smallest absolute Gasteiger partial charge is 0.253 e. The molecule has 4 rings (SSSR count). The number of benzene rings is 1. The van der Waals surface area contributed by atoms with Crippen LogP contribution in [0.5, 0.6) is 0 Å². The lowest BCUT2D eigenvalue weighted by Crippen LogP contribution is -2.44. The third-order valence-corrected chi connectivity index (χ3v) is 4.88. The fourth-order valence-electron chi connectivity index (χ4n) is 3.12. The second-order valence-electron chi connectivity index (χ2n) is 6.72. The van der Waals surface area contributed by atoms with Crippen LogP contribution in [0.4, 0.5) is 5.88 Å². The van der Waals surface area contributed by atoms with Crippen LogP contribution in [-0.4, -0.2) is 47.3 Å². The molecular formula is C23H29N5O2. The Labute approximate surface area is 177 Å². The van der Waals surface area contributed by atoms with Crippen LogP contribution in [0.25, 0.3) is 11.3 Å². The Hall–Kier alpha value is -3.19. The van der Waals surface area contributed by atoms with Gasteiger partial charge in [0.1, 0.15) is 0 Å². The first kappa shape index (κ1) is 21.5. The van der Waals surface area contributed by atoms with Crippen molar-refractivity contribution >= 4 is 11.8 Å². The van der Waals surface area contributed by atoms with E-state index in [2.05, 4.69) is 28.1 Å². The second-order valence-corrected chi connectivity index (χ2v) is 6.72. The number of hydrogen-bond acceptors (Lipinski definition) is 5. The normalized spacial score (nSPS) is 15.3. The number of aliphatic imine (C=N–C) groups is 1. The highest BCUT2D eigenvalue weighted by Gasteiger charge is 2.17. The third kappa shape index (κ3) is 5.24. The summed E-state index contributed by atoms with van der Waals surface area (Å²) in [6.07, 6.45) is 1.88. The summed E-state index contributed by atoms with van der Waals surface area (Å²) in [4.78, 5) is 10.9. The molecule has 158 valence electrons. The quantitative estimate of drug-likeness (QED) is 0.515. The molecule has 1 aromatic carbocycles. The van der Waals surface area contributed by atoms with Crippen molar-refractivity contribution in [3.8, 4) is 11.3 Å². The van der Waals surface area contributed by atoms with Gasteiger partial charge < -0.3 is 19.9 Å². The summed E-state index contributed by atoms with van der Waals surface area (Å²) in [5, 5.41) is 4.16. The first-order chi connectivity index (χ1) is 14.7. The minimum atomic E-state index is 0.0367. The fraction of sp³-hybridized carbons (Fsp3) is 0.348. The number of aromatic nitrogens is 2. The van der Waals surface area contributed by atoms with Crippen LogP contribution in [0, 0.1) is 0 Å². The molecule has 3 aromatic rings. The van der Waals surface area contributed by atoms with Crippen LogP contribution in [0.15, 0.2) is 64.2 Å². The Balaban J connectivity index is 0.00000124. The van der Waals surface area contributed by atoms with E-state index in [9.17, 15) is 0 Å². The molecule has 3 heterocycles. The summed E-state index contributed by atoms with van der Waals surface area (Å²) in [7, 11) is 0. The molecule has 1 aliphatic rings. The Morgan fingerprint density at radius 2 is 1.83 bits per heavy atom. The molecule has 1 atom stereocenters. The number of guanidine groups is 1. The Kier molecular flexibility index (Phi) is 7.57. The summed E-state index contributed by atoms with van der Waals surface area (Å²) in [6.45, 7) is 8.83. The minimum absolute atomic E-state index is 0.0367. The van der Waals surface area contributed by atoms with Gasteiger partial charge in [0, 0.05) is 36.8 Å². The van der Waals surface area contributed by atoms with Crippen molar-refractivity contribution in [3.63, 3.8) is 0 Å². The van der Waals surface area contributed by atoms with Crippen molar-refractivity contribution < 1.29 is 9.26 Å². The van der Waals surface area contributed by atoms with Gasteiger partial charge in [-0.1, -0.05) is 62.3 Å². The van der Waals surface area contributed by atoms with E-state index in [0.29, 0.717) is 25.1 Å². The van der Waals surface area contributed by atoms with E-state index in [1.54, 1.807) is 0 Å². The van der Waals surface area contributed by atoms with Crippen LogP contribution < -0.4 is 5.73 Å². The number of nitrogens with two attached hydrogens (primary N) is 1. The first-order valence-electron chi connectivity index (χ1n) is 10.4. The van der Waals surface area contributed by atoms with Crippen molar-refractivity contribution in [2.24, 2.45) is 10.7 Å². The predicted octanol–water partition coefficient (Wildman–Crippen LogP) is 4.19. The Bertz CT molecular complexity index is 932. The van der Waals surface area contributed by atoms with Gasteiger partial charge in [-0.25, -0.2) is 0 Å². The molecular weight excluding hydrogens is 378 g/mol. The van der Waals surface area contributed by atoms with E-state index >= 15 is 0 Å². The van der Waals surface area contributed by atoms with Gasteiger partial charge in [0.15, 0.2) is 5.96 Å². The largest absolute Gasteiger partial charge is 0.378 e. The van der Waals surface area contributed by atoms with E-state index in [1.807, 2.05) is 67.4 Å². The SMILES string of the molecule is CC.CC(c1ccc(-c2ccccc2)nc1)c1cc(/N=C(/N)N2CCOCC2)on1. The maximum absolute atomic E-state index is 6.07. The highest BCUT2D eigenvalue weighted by Crippen LogP contribution is 2.27. The molecule has 7 nitrogen and oxygen atoms in total. The molecule has 0 radical (unpaired) electrons. The van der Waals surface area contributed by atoms with Crippen molar-refractivity contribution in [1.82, 2.24) is 15.0 Å². The van der Waals surface area contributed by atoms with E-state index in [1.165, 1.54) is 0 Å². The van der Waals surface area contributed by atoms with Crippen LogP contribution in [0.3, 0.4) is 0 Å². The summed E-state index contributed by atoms with van der Waals surface area (Å²) >= 11 is 0. The molecule has 0 saturated carbocycles. The van der Waals surface area contributed by atoms with Gasteiger partial charge in [-0.2, -0.15) is 4.99 Å². The summed E-state index contributed by atoms with van der Waals surface area (Å²) in [5.41, 5.74) is 9.97. The standard InChI is InChI=1S/C21H23N5O2.C2H6/c1-15(17-7-8-18(23-14-17)16-5-3-2-4-6-16)19-13-20(28-25-19)24-21(22)26-9-11-27-12-10-26;1-2/h2-8,13-15H,9-12H2,1H3,(H2,22,24);1-2H3. The molecule has 1 fully saturated rings. The van der Waals surface area contributed by atoms with Crippen molar-refractivity contribution in [2.75, 3.05) is 26.3 Å². The van der Waals surface area contributed by atoms with Crippen LogP contribution in [0.1, 0.15) is 37.9 Å². The molecule has 0 bridgehead atoms. The van der Waals surface area contributed by atoms with E-state index < -0.39 is 0 Å². The summed E-state index contributed by atoms with van der Waals surface area (Å²) < 4.78 is 10.7.